The van der Waals surface area contributed by atoms with E-state index < -0.39 is 0 Å². The number of hydrogen-bond acceptors (Lipinski definition) is 4. The molecular weight excluding hydrogens is 657 g/mol. The molecule has 3 aromatic heterocycles. The third-order valence-electron chi connectivity index (χ3n) is 10.2. The second-order valence-electron chi connectivity index (χ2n) is 13.5. The standard InChI is InChI=1S/C50H32N4/c1-2-13-35(14-3-1)48-40-18-5-7-20-42(40)49(43-21-8-6-19-41(43)48)38-17-12-16-37(29-38)47-31-46(34-26-24-33(25-27-34)44-23-10-11-28-51-44)53-50(54-47)39-30-36-15-4-9-22-45(36)52-32-39/h1-32H. The van der Waals surface area contributed by atoms with E-state index in [0.29, 0.717) is 5.82 Å². The van der Waals surface area contributed by atoms with Gasteiger partial charge in [-0.25, -0.2) is 9.97 Å². The van der Waals surface area contributed by atoms with Crippen LogP contribution in [0.15, 0.2) is 194 Å². The lowest BCUT2D eigenvalue weighted by Crippen LogP contribution is -1.97. The molecule has 0 unspecified atom stereocenters. The topological polar surface area (TPSA) is 51.6 Å². The van der Waals surface area contributed by atoms with Crippen LogP contribution >= 0.6 is 0 Å². The Balaban J connectivity index is 1.16. The van der Waals surface area contributed by atoms with Crippen molar-refractivity contribution in [2.24, 2.45) is 0 Å². The SMILES string of the molecule is c1ccc(-c2c3ccccc3c(-c3cccc(-c4cc(-c5ccc(-c6ccccn6)cc5)nc(-c5cnc6ccccc6c5)n4)c3)c3ccccc23)cc1. The summed E-state index contributed by atoms with van der Waals surface area (Å²) in [7, 11) is 0. The van der Waals surface area contributed by atoms with Crippen LogP contribution in [0.25, 0.3) is 99.9 Å². The summed E-state index contributed by atoms with van der Waals surface area (Å²) in [6.45, 7) is 0. The molecule has 0 fully saturated rings. The molecule has 0 atom stereocenters. The number of aromatic nitrogens is 4. The van der Waals surface area contributed by atoms with Crippen LogP contribution in [-0.2, 0) is 0 Å². The molecular formula is C50H32N4. The Labute approximate surface area is 313 Å². The lowest BCUT2D eigenvalue weighted by Gasteiger charge is -2.18. The average molecular weight is 689 g/mol. The molecule has 0 aliphatic heterocycles. The van der Waals surface area contributed by atoms with Crippen LogP contribution in [0.2, 0.25) is 0 Å². The van der Waals surface area contributed by atoms with Crippen molar-refractivity contribution >= 4 is 32.4 Å². The van der Waals surface area contributed by atoms with Crippen molar-refractivity contribution in [1.82, 2.24) is 19.9 Å². The molecule has 10 aromatic rings. The smallest absolute Gasteiger partial charge is 0.161 e. The van der Waals surface area contributed by atoms with Gasteiger partial charge in [-0.3, -0.25) is 9.97 Å². The molecule has 0 bridgehead atoms. The van der Waals surface area contributed by atoms with Crippen LogP contribution in [0.5, 0.6) is 0 Å². The van der Waals surface area contributed by atoms with Crippen molar-refractivity contribution < 1.29 is 0 Å². The molecule has 4 heteroatoms. The van der Waals surface area contributed by atoms with Gasteiger partial charge in [0.25, 0.3) is 0 Å². The van der Waals surface area contributed by atoms with Gasteiger partial charge in [0.2, 0.25) is 0 Å². The van der Waals surface area contributed by atoms with E-state index in [9.17, 15) is 0 Å². The first kappa shape index (κ1) is 31.4. The van der Waals surface area contributed by atoms with Crippen molar-refractivity contribution in [1.29, 1.82) is 0 Å². The zero-order valence-corrected chi connectivity index (χ0v) is 29.3. The minimum atomic E-state index is 0.628. The summed E-state index contributed by atoms with van der Waals surface area (Å²) in [4.78, 5) is 19.7. The summed E-state index contributed by atoms with van der Waals surface area (Å²) < 4.78 is 0. The number of pyridine rings is 2. The van der Waals surface area contributed by atoms with E-state index in [0.717, 1.165) is 55.8 Å². The predicted molar refractivity (Wildman–Crippen MR) is 223 cm³/mol. The zero-order chi connectivity index (χ0) is 35.8. The molecule has 0 aliphatic carbocycles. The van der Waals surface area contributed by atoms with Gasteiger partial charge in [-0.2, -0.15) is 0 Å². The molecule has 4 nitrogen and oxygen atoms in total. The monoisotopic (exact) mass is 688 g/mol. The second kappa shape index (κ2) is 13.4. The third kappa shape index (κ3) is 5.67. The first-order valence-electron chi connectivity index (χ1n) is 18.1. The highest BCUT2D eigenvalue weighted by atomic mass is 14.9. The highest BCUT2D eigenvalue weighted by Crippen LogP contribution is 2.44. The van der Waals surface area contributed by atoms with Gasteiger partial charge in [0.15, 0.2) is 5.82 Å². The molecule has 3 heterocycles. The quantitative estimate of drug-likeness (QED) is 0.163. The van der Waals surface area contributed by atoms with Crippen LogP contribution in [0.1, 0.15) is 0 Å². The van der Waals surface area contributed by atoms with Gasteiger partial charge in [-0.1, -0.05) is 146 Å². The molecule has 0 N–H and O–H groups in total. The Hall–Kier alpha value is -7.30. The summed E-state index contributed by atoms with van der Waals surface area (Å²) >= 11 is 0. The summed E-state index contributed by atoms with van der Waals surface area (Å²) in [5, 5.41) is 5.93. The second-order valence-corrected chi connectivity index (χ2v) is 13.5. The highest BCUT2D eigenvalue weighted by molar-refractivity contribution is 6.21. The molecule has 0 saturated heterocycles. The maximum absolute atomic E-state index is 5.22. The van der Waals surface area contributed by atoms with Gasteiger partial charge in [0, 0.05) is 40.0 Å². The number of para-hydroxylation sites is 1. The Morgan fingerprint density at radius 3 is 1.56 bits per heavy atom. The van der Waals surface area contributed by atoms with Crippen LogP contribution < -0.4 is 0 Å². The lowest BCUT2D eigenvalue weighted by atomic mass is 9.85. The summed E-state index contributed by atoms with van der Waals surface area (Å²) in [5.74, 6) is 0.628. The number of rotatable bonds is 6. The van der Waals surface area contributed by atoms with Crippen molar-refractivity contribution in [3.05, 3.63) is 194 Å². The van der Waals surface area contributed by atoms with Gasteiger partial charge in [0.05, 0.1) is 22.6 Å². The van der Waals surface area contributed by atoms with Crippen LogP contribution in [0.3, 0.4) is 0 Å². The highest BCUT2D eigenvalue weighted by Gasteiger charge is 2.18. The van der Waals surface area contributed by atoms with E-state index in [1.54, 1.807) is 0 Å². The van der Waals surface area contributed by atoms with E-state index in [4.69, 9.17) is 15.0 Å². The molecule has 0 aliphatic rings. The van der Waals surface area contributed by atoms with Crippen molar-refractivity contribution in [2.75, 3.05) is 0 Å². The maximum Gasteiger partial charge on any atom is 0.161 e. The first-order chi connectivity index (χ1) is 26.8. The van der Waals surface area contributed by atoms with E-state index in [1.807, 2.05) is 48.8 Å². The van der Waals surface area contributed by atoms with Gasteiger partial charge in [-0.05, 0) is 80.2 Å². The Bertz CT molecular complexity index is 2920. The van der Waals surface area contributed by atoms with E-state index in [-0.39, 0.29) is 0 Å². The fraction of sp³-hybridized carbons (Fsp3) is 0. The molecule has 54 heavy (non-hydrogen) atoms. The predicted octanol–water partition coefficient (Wildman–Crippen LogP) is 12.7. The molecule has 10 rings (SSSR count). The molecule has 0 spiro atoms. The lowest BCUT2D eigenvalue weighted by molar-refractivity contribution is 1.18. The van der Waals surface area contributed by atoms with E-state index in [1.165, 1.54) is 38.2 Å². The van der Waals surface area contributed by atoms with Crippen molar-refractivity contribution in [3.8, 4) is 67.4 Å². The number of fused-ring (bicyclic) bond motifs is 3. The fourth-order valence-corrected chi connectivity index (χ4v) is 7.60. The number of nitrogens with zero attached hydrogens (tertiary/aromatic N) is 4. The first-order valence-corrected chi connectivity index (χ1v) is 18.1. The van der Waals surface area contributed by atoms with Crippen molar-refractivity contribution in [2.45, 2.75) is 0 Å². The van der Waals surface area contributed by atoms with Crippen LogP contribution in [0.4, 0.5) is 0 Å². The summed E-state index contributed by atoms with van der Waals surface area (Å²) in [5.41, 5.74) is 12.3. The number of hydrogen-bond donors (Lipinski definition) is 0. The maximum atomic E-state index is 5.22. The van der Waals surface area contributed by atoms with Crippen molar-refractivity contribution in [3.63, 3.8) is 0 Å². The minimum Gasteiger partial charge on any atom is -0.256 e. The Morgan fingerprint density at radius 2 is 0.870 bits per heavy atom. The molecule has 0 radical (unpaired) electrons. The van der Waals surface area contributed by atoms with E-state index in [2.05, 4.69) is 151 Å². The molecule has 0 amide bonds. The van der Waals surface area contributed by atoms with Crippen LogP contribution in [-0.4, -0.2) is 19.9 Å². The summed E-state index contributed by atoms with van der Waals surface area (Å²) in [6.07, 6.45) is 3.69. The van der Waals surface area contributed by atoms with E-state index >= 15 is 0 Å². The number of benzene rings is 7. The van der Waals surface area contributed by atoms with Crippen LogP contribution in [0, 0.1) is 0 Å². The Kier molecular flexibility index (Phi) is 7.77. The Morgan fingerprint density at radius 1 is 0.315 bits per heavy atom. The molecule has 7 aromatic carbocycles. The average Bonchev–Trinajstić information content (AvgIpc) is 3.26. The van der Waals surface area contributed by atoms with Gasteiger partial charge < -0.3 is 0 Å². The third-order valence-corrected chi connectivity index (χ3v) is 10.2. The largest absolute Gasteiger partial charge is 0.256 e. The molecule has 252 valence electrons. The minimum absolute atomic E-state index is 0.628. The van der Waals surface area contributed by atoms with Gasteiger partial charge >= 0.3 is 0 Å². The van der Waals surface area contributed by atoms with Gasteiger partial charge in [-0.15, -0.1) is 0 Å². The molecule has 0 saturated carbocycles. The normalized spacial score (nSPS) is 11.3. The summed E-state index contributed by atoms with van der Waals surface area (Å²) in [6, 6.07) is 63.8. The zero-order valence-electron chi connectivity index (χ0n) is 29.3. The fourth-order valence-electron chi connectivity index (χ4n) is 7.60. The van der Waals surface area contributed by atoms with Gasteiger partial charge in [0.1, 0.15) is 0 Å².